The summed E-state index contributed by atoms with van der Waals surface area (Å²) < 4.78 is 25.6. The van der Waals surface area contributed by atoms with Gasteiger partial charge in [-0.25, -0.2) is 4.39 Å². The van der Waals surface area contributed by atoms with Gasteiger partial charge in [0.05, 0.1) is 22.9 Å². The van der Waals surface area contributed by atoms with Crippen LogP contribution in [0.4, 0.5) is 4.39 Å². The molecule has 2 aromatic heterocycles. The van der Waals surface area contributed by atoms with Crippen LogP contribution in [0, 0.1) is 18.7 Å². The van der Waals surface area contributed by atoms with Gasteiger partial charge in [-0.2, -0.15) is 0 Å². The average molecular weight is 655 g/mol. The predicted octanol–water partition coefficient (Wildman–Crippen LogP) is 6.45. The molecule has 4 aromatic rings. The largest absolute Gasteiger partial charge is 0.460 e. The normalized spacial score (nSPS) is 14.9. The number of hydrogen-bond donors (Lipinski definition) is 2. The minimum absolute atomic E-state index is 0.0471. The highest BCUT2D eigenvalue weighted by Crippen LogP contribution is 2.26. The number of nitrogens with zero attached hydrogens (tertiary/aromatic N) is 2. The Bertz CT molecular complexity index is 1740. The highest BCUT2D eigenvalue weighted by Gasteiger charge is 2.31. The van der Waals surface area contributed by atoms with Gasteiger partial charge in [0, 0.05) is 44.4 Å². The fourth-order valence-electron chi connectivity index (χ4n) is 5.67. The second kappa shape index (κ2) is 15.4. The number of hydrogen-bond acceptors (Lipinski definition) is 7. The Balaban J connectivity index is 1.07. The van der Waals surface area contributed by atoms with Crippen LogP contribution < -0.4 is 10.1 Å². The van der Waals surface area contributed by atoms with Gasteiger partial charge in [0.1, 0.15) is 28.7 Å². The maximum atomic E-state index is 14.1. The molecule has 252 valence electrons. The molecule has 1 saturated heterocycles. The molecule has 1 atom stereocenters. The van der Waals surface area contributed by atoms with Gasteiger partial charge in [0.25, 0.3) is 5.91 Å². The summed E-state index contributed by atoms with van der Waals surface area (Å²) in [6.07, 6.45) is 5.10. The predicted molar refractivity (Wildman–Crippen MR) is 181 cm³/mol. The minimum atomic E-state index is -0.481. The monoisotopic (exact) mass is 654 g/mol. The number of aromatic nitrogens is 2. The van der Waals surface area contributed by atoms with Crippen molar-refractivity contribution in [2.75, 3.05) is 26.2 Å². The number of likely N-dealkylation sites (tertiary alicyclic amines) is 1. The number of aryl methyl sites for hydroxylation is 1. The number of nitrogens with one attached hydrogen (secondary N) is 2. The van der Waals surface area contributed by atoms with Crippen LogP contribution in [0.25, 0.3) is 11.4 Å². The lowest BCUT2D eigenvalue weighted by Crippen LogP contribution is -2.32. The van der Waals surface area contributed by atoms with Gasteiger partial charge in [0.15, 0.2) is 0 Å². The number of pyridine rings is 1. The molecule has 1 fully saturated rings. The van der Waals surface area contributed by atoms with E-state index in [1.807, 2.05) is 39.8 Å². The summed E-state index contributed by atoms with van der Waals surface area (Å²) in [7, 11) is 0. The van der Waals surface area contributed by atoms with Crippen molar-refractivity contribution in [2.45, 2.75) is 59.0 Å². The van der Waals surface area contributed by atoms with Crippen LogP contribution in [0.1, 0.15) is 60.7 Å². The molecule has 9 nitrogen and oxygen atoms in total. The summed E-state index contributed by atoms with van der Waals surface area (Å²) in [5.74, 6) is 0.310. The van der Waals surface area contributed by atoms with Crippen LogP contribution in [-0.2, 0) is 27.2 Å². The fraction of sp³-hybridized carbons (Fsp3) is 0.368. The number of ether oxygens (including phenoxy) is 2. The van der Waals surface area contributed by atoms with Crippen molar-refractivity contribution in [1.29, 1.82) is 0 Å². The molecule has 48 heavy (non-hydrogen) atoms. The molecule has 10 heteroatoms. The van der Waals surface area contributed by atoms with Crippen LogP contribution in [0.2, 0.25) is 0 Å². The Kier molecular flexibility index (Phi) is 11.1. The van der Waals surface area contributed by atoms with E-state index in [1.165, 1.54) is 6.07 Å². The number of esters is 1. The summed E-state index contributed by atoms with van der Waals surface area (Å²) in [6, 6.07) is 17.3. The van der Waals surface area contributed by atoms with E-state index in [-0.39, 0.29) is 42.2 Å². The second-order valence-corrected chi connectivity index (χ2v) is 13.3. The number of Topliss-reactive ketones (excluding diaryl/α,β-unsaturated/α-hetero) is 1. The lowest BCUT2D eigenvalue weighted by molar-refractivity contribution is -0.159. The van der Waals surface area contributed by atoms with E-state index in [0.717, 1.165) is 37.1 Å². The van der Waals surface area contributed by atoms with Gasteiger partial charge in [-0.3, -0.25) is 19.4 Å². The second-order valence-electron chi connectivity index (χ2n) is 13.3. The molecule has 0 radical (unpaired) electrons. The molecule has 0 bridgehead atoms. The fourth-order valence-corrected chi connectivity index (χ4v) is 5.67. The summed E-state index contributed by atoms with van der Waals surface area (Å²) in [5.41, 5.74) is 3.45. The first kappa shape index (κ1) is 34.5. The van der Waals surface area contributed by atoms with Crippen LogP contribution in [0.3, 0.4) is 0 Å². The molecule has 1 amide bonds. The van der Waals surface area contributed by atoms with Crippen molar-refractivity contribution >= 4 is 17.7 Å². The number of rotatable bonds is 13. The van der Waals surface area contributed by atoms with E-state index in [1.54, 1.807) is 54.9 Å². The van der Waals surface area contributed by atoms with E-state index in [4.69, 9.17) is 9.47 Å². The molecule has 0 spiro atoms. The average Bonchev–Trinajstić information content (AvgIpc) is 3.72. The van der Waals surface area contributed by atoms with Crippen molar-refractivity contribution in [3.05, 3.63) is 101 Å². The van der Waals surface area contributed by atoms with Gasteiger partial charge in [-0.15, -0.1) is 0 Å². The SMILES string of the molecule is Cc1ccc(F)c(CC(=O)Cc2ccc(Oc3ccnc(-c4cc(C(=O)NCCCN5CCC(C(=O)OC(C)(C)C)C5)c[nH]4)c3)cc2)c1. The van der Waals surface area contributed by atoms with E-state index in [2.05, 4.69) is 20.2 Å². The Morgan fingerprint density at radius 3 is 2.58 bits per heavy atom. The molecule has 5 rings (SSSR count). The third-order valence-electron chi connectivity index (χ3n) is 8.05. The number of carbonyl (C=O) groups excluding carboxylic acids is 3. The van der Waals surface area contributed by atoms with Gasteiger partial charge in [-0.1, -0.05) is 29.8 Å². The zero-order valence-corrected chi connectivity index (χ0v) is 28.0. The Hall–Kier alpha value is -4.83. The summed E-state index contributed by atoms with van der Waals surface area (Å²) >= 11 is 0. The number of halogens is 1. The highest BCUT2D eigenvalue weighted by atomic mass is 19.1. The number of ketones is 1. The van der Waals surface area contributed by atoms with Crippen molar-refractivity contribution in [3.8, 4) is 22.9 Å². The van der Waals surface area contributed by atoms with E-state index < -0.39 is 5.60 Å². The summed E-state index contributed by atoms with van der Waals surface area (Å²) in [4.78, 5) is 47.5. The molecule has 3 heterocycles. The summed E-state index contributed by atoms with van der Waals surface area (Å²) in [5, 5.41) is 2.97. The van der Waals surface area contributed by atoms with Crippen molar-refractivity contribution in [1.82, 2.24) is 20.2 Å². The lowest BCUT2D eigenvalue weighted by Gasteiger charge is -2.22. The molecule has 2 N–H and O–H groups in total. The standard InChI is InChI=1S/C38H43FN4O5/c1-25-6-11-33(39)28(18-25)20-30(44)19-26-7-9-31(10-8-26)47-32-12-15-40-35(22-32)34-21-29(23-42-34)36(45)41-14-5-16-43-17-13-27(24-43)37(46)48-38(2,3)4/h6-12,15,18,21-23,27,42H,5,13-14,16-17,19-20,24H2,1-4H3,(H,41,45). The molecule has 0 aliphatic carbocycles. The third-order valence-corrected chi connectivity index (χ3v) is 8.05. The third kappa shape index (κ3) is 9.84. The molecular formula is C38H43FN4O5. The van der Waals surface area contributed by atoms with Gasteiger partial charge < -0.3 is 24.7 Å². The highest BCUT2D eigenvalue weighted by molar-refractivity contribution is 5.95. The van der Waals surface area contributed by atoms with E-state index in [9.17, 15) is 18.8 Å². The van der Waals surface area contributed by atoms with Crippen molar-refractivity contribution < 1.29 is 28.2 Å². The first-order valence-corrected chi connectivity index (χ1v) is 16.3. The Morgan fingerprint density at radius 2 is 1.81 bits per heavy atom. The zero-order chi connectivity index (χ0) is 34.3. The number of amides is 1. The van der Waals surface area contributed by atoms with E-state index >= 15 is 0 Å². The van der Waals surface area contributed by atoms with Crippen LogP contribution in [0.5, 0.6) is 11.5 Å². The topological polar surface area (TPSA) is 114 Å². The summed E-state index contributed by atoms with van der Waals surface area (Å²) in [6.45, 7) is 10.4. The number of H-pyrrole nitrogens is 1. The van der Waals surface area contributed by atoms with Gasteiger partial charge in [-0.05, 0) is 95.1 Å². The number of carbonyl (C=O) groups is 3. The van der Waals surface area contributed by atoms with Gasteiger partial charge in [0.2, 0.25) is 0 Å². The number of benzene rings is 2. The maximum absolute atomic E-state index is 14.1. The van der Waals surface area contributed by atoms with Gasteiger partial charge >= 0.3 is 5.97 Å². The number of aromatic amines is 1. The molecule has 1 aliphatic rings. The van der Waals surface area contributed by atoms with Crippen molar-refractivity contribution in [2.24, 2.45) is 5.92 Å². The van der Waals surface area contributed by atoms with E-state index in [0.29, 0.717) is 47.1 Å². The smallest absolute Gasteiger partial charge is 0.310 e. The quantitative estimate of drug-likeness (QED) is 0.126. The lowest BCUT2D eigenvalue weighted by atomic mass is 10.0. The maximum Gasteiger partial charge on any atom is 0.310 e. The molecule has 1 unspecified atom stereocenters. The minimum Gasteiger partial charge on any atom is -0.460 e. The van der Waals surface area contributed by atoms with Crippen LogP contribution >= 0.6 is 0 Å². The molecule has 2 aromatic carbocycles. The zero-order valence-electron chi connectivity index (χ0n) is 28.0. The van der Waals surface area contributed by atoms with Crippen LogP contribution in [-0.4, -0.2) is 64.3 Å². The first-order chi connectivity index (χ1) is 22.9. The first-order valence-electron chi connectivity index (χ1n) is 16.3. The molecular weight excluding hydrogens is 611 g/mol. The Morgan fingerprint density at radius 1 is 1.02 bits per heavy atom. The van der Waals surface area contributed by atoms with Crippen LogP contribution in [0.15, 0.2) is 73.1 Å². The van der Waals surface area contributed by atoms with Crippen molar-refractivity contribution in [3.63, 3.8) is 0 Å². The molecule has 0 saturated carbocycles. The molecule has 1 aliphatic heterocycles. The Labute approximate surface area is 280 Å².